The van der Waals surface area contributed by atoms with Gasteiger partial charge < -0.3 is 10.2 Å². The largest absolute Gasteiger partial charge is 0.343 e. The first kappa shape index (κ1) is 17.9. The molecule has 3 aromatic rings. The summed E-state index contributed by atoms with van der Waals surface area (Å²) < 4.78 is 0. The quantitative estimate of drug-likeness (QED) is 0.748. The van der Waals surface area contributed by atoms with Gasteiger partial charge in [0.05, 0.1) is 17.7 Å². The fourth-order valence-corrected chi connectivity index (χ4v) is 3.52. The second-order valence-corrected chi connectivity index (χ2v) is 6.85. The molecule has 0 spiro atoms. The molecule has 140 valence electrons. The van der Waals surface area contributed by atoms with E-state index in [2.05, 4.69) is 10.3 Å². The molecule has 2 aromatic carbocycles. The van der Waals surface area contributed by atoms with Crippen molar-refractivity contribution in [3.8, 4) is 0 Å². The maximum Gasteiger partial charge on any atom is 0.227 e. The highest BCUT2D eigenvalue weighted by Crippen LogP contribution is 2.27. The van der Waals surface area contributed by atoms with E-state index in [1.54, 1.807) is 11.1 Å². The predicted molar refractivity (Wildman–Crippen MR) is 108 cm³/mol. The number of nitrogens with zero attached hydrogens (tertiary/aromatic N) is 2. The van der Waals surface area contributed by atoms with Crippen molar-refractivity contribution in [2.75, 3.05) is 11.4 Å². The SMILES string of the molecule is O=C(N[C@@H](c1ccccc1)c1ccccn1)[C@@H]1CC(=O)N(c2ccccc2)C1. The topological polar surface area (TPSA) is 62.3 Å². The Bertz CT molecular complexity index is 906. The fraction of sp³-hybridized carbons (Fsp3) is 0.174. The van der Waals surface area contributed by atoms with Gasteiger partial charge in [-0.25, -0.2) is 0 Å². The number of aromatic nitrogens is 1. The number of carbonyl (C=O) groups is 2. The predicted octanol–water partition coefficient (Wildman–Crippen LogP) is 3.34. The Morgan fingerprint density at radius 3 is 2.32 bits per heavy atom. The number of nitrogens with one attached hydrogen (secondary N) is 1. The van der Waals surface area contributed by atoms with E-state index in [-0.39, 0.29) is 30.2 Å². The Morgan fingerprint density at radius 2 is 1.64 bits per heavy atom. The highest BCUT2D eigenvalue weighted by molar-refractivity contribution is 6.00. The van der Waals surface area contributed by atoms with Crippen LogP contribution in [0, 0.1) is 5.92 Å². The minimum absolute atomic E-state index is 0.0274. The highest BCUT2D eigenvalue weighted by Gasteiger charge is 2.36. The molecule has 0 unspecified atom stereocenters. The number of anilines is 1. The number of carbonyl (C=O) groups excluding carboxylic acids is 2. The summed E-state index contributed by atoms with van der Waals surface area (Å²) in [5, 5.41) is 3.10. The molecule has 2 atom stereocenters. The maximum absolute atomic E-state index is 13.0. The summed E-state index contributed by atoms with van der Waals surface area (Å²) >= 11 is 0. The molecular formula is C23H21N3O2. The van der Waals surface area contributed by atoms with Crippen LogP contribution in [0.2, 0.25) is 0 Å². The minimum atomic E-state index is -0.386. The maximum atomic E-state index is 13.0. The molecule has 2 heterocycles. The molecule has 0 bridgehead atoms. The van der Waals surface area contributed by atoms with E-state index in [4.69, 9.17) is 0 Å². The smallest absolute Gasteiger partial charge is 0.227 e. The summed E-state index contributed by atoms with van der Waals surface area (Å²) in [7, 11) is 0. The molecule has 4 rings (SSSR count). The van der Waals surface area contributed by atoms with Crippen molar-refractivity contribution in [2.45, 2.75) is 12.5 Å². The summed E-state index contributed by atoms with van der Waals surface area (Å²) in [6.45, 7) is 0.387. The van der Waals surface area contributed by atoms with Crippen LogP contribution in [-0.2, 0) is 9.59 Å². The number of pyridine rings is 1. The van der Waals surface area contributed by atoms with Crippen molar-refractivity contribution in [2.24, 2.45) is 5.92 Å². The van der Waals surface area contributed by atoms with E-state index >= 15 is 0 Å². The molecular weight excluding hydrogens is 350 g/mol. The summed E-state index contributed by atoms with van der Waals surface area (Å²) in [6.07, 6.45) is 1.93. The Morgan fingerprint density at radius 1 is 0.964 bits per heavy atom. The van der Waals surface area contributed by atoms with Gasteiger partial charge in [-0.1, -0.05) is 54.6 Å². The van der Waals surface area contributed by atoms with Gasteiger partial charge >= 0.3 is 0 Å². The zero-order chi connectivity index (χ0) is 19.3. The van der Waals surface area contributed by atoms with Gasteiger partial charge in [0.15, 0.2) is 0 Å². The van der Waals surface area contributed by atoms with Crippen LogP contribution in [0.5, 0.6) is 0 Å². The molecule has 0 saturated carbocycles. The lowest BCUT2D eigenvalue weighted by Gasteiger charge is -2.21. The summed E-state index contributed by atoms with van der Waals surface area (Å²) in [5.41, 5.74) is 2.55. The first-order valence-electron chi connectivity index (χ1n) is 9.34. The molecule has 1 saturated heterocycles. The molecule has 1 aromatic heterocycles. The average molecular weight is 371 g/mol. The number of rotatable bonds is 5. The van der Waals surface area contributed by atoms with Crippen LogP contribution in [0.25, 0.3) is 0 Å². The molecule has 1 N–H and O–H groups in total. The Kier molecular flexibility index (Phi) is 5.15. The number of benzene rings is 2. The van der Waals surface area contributed by atoms with Gasteiger partial charge in [0.1, 0.15) is 0 Å². The molecule has 28 heavy (non-hydrogen) atoms. The Labute approximate surface area is 164 Å². The molecule has 1 aliphatic heterocycles. The number of para-hydroxylation sites is 1. The minimum Gasteiger partial charge on any atom is -0.343 e. The van der Waals surface area contributed by atoms with Crippen molar-refractivity contribution in [3.05, 3.63) is 96.3 Å². The normalized spacial score (nSPS) is 17.4. The van der Waals surface area contributed by atoms with Gasteiger partial charge in [0, 0.05) is 24.8 Å². The van der Waals surface area contributed by atoms with Crippen LogP contribution in [0.1, 0.15) is 23.7 Å². The van der Waals surface area contributed by atoms with E-state index in [1.807, 2.05) is 78.9 Å². The van der Waals surface area contributed by atoms with Gasteiger partial charge in [-0.2, -0.15) is 0 Å². The van der Waals surface area contributed by atoms with Crippen LogP contribution in [0.3, 0.4) is 0 Å². The first-order chi connectivity index (χ1) is 13.7. The van der Waals surface area contributed by atoms with Crippen molar-refractivity contribution in [1.29, 1.82) is 0 Å². The van der Waals surface area contributed by atoms with E-state index in [9.17, 15) is 9.59 Å². The van der Waals surface area contributed by atoms with Gasteiger partial charge in [-0.05, 0) is 29.8 Å². The molecule has 0 radical (unpaired) electrons. The monoisotopic (exact) mass is 371 g/mol. The molecule has 1 aliphatic rings. The number of hydrogen-bond acceptors (Lipinski definition) is 3. The standard InChI is InChI=1S/C23H21N3O2/c27-21-15-18(16-26(21)19-11-5-2-6-12-19)23(28)25-22(17-9-3-1-4-10-17)20-13-7-8-14-24-20/h1-14,18,22H,15-16H2,(H,25,28)/t18-,22+/m1/s1. The Hall–Kier alpha value is -3.47. The van der Waals surface area contributed by atoms with Crippen LogP contribution < -0.4 is 10.2 Å². The van der Waals surface area contributed by atoms with Crippen molar-refractivity contribution in [3.63, 3.8) is 0 Å². The van der Waals surface area contributed by atoms with Crippen molar-refractivity contribution in [1.82, 2.24) is 10.3 Å². The van der Waals surface area contributed by atoms with Gasteiger partial charge in [0.2, 0.25) is 11.8 Å². The van der Waals surface area contributed by atoms with Crippen LogP contribution in [0.15, 0.2) is 85.1 Å². The third-order valence-electron chi connectivity index (χ3n) is 4.97. The van der Waals surface area contributed by atoms with Gasteiger partial charge in [-0.15, -0.1) is 0 Å². The van der Waals surface area contributed by atoms with Gasteiger partial charge in [-0.3, -0.25) is 14.6 Å². The van der Waals surface area contributed by atoms with Crippen molar-refractivity contribution >= 4 is 17.5 Å². The van der Waals surface area contributed by atoms with E-state index in [0.717, 1.165) is 16.9 Å². The zero-order valence-corrected chi connectivity index (χ0v) is 15.4. The van der Waals surface area contributed by atoms with E-state index in [0.29, 0.717) is 6.54 Å². The molecule has 0 aliphatic carbocycles. The van der Waals surface area contributed by atoms with Crippen LogP contribution >= 0.6 is 0 Å². The lowest BCUT2D eigenvalue weighted by atomic mass is 10.0. The third-order valence-corrected chi connectivity index (χ3v) is 4.97. The molecule has 2 amide bonds. The Balaban J connectivity index is 1.53. The molecule has 5 heteroatoms. The van der Waals surface area contributed by atoms with Crippen LogP contribution in [-0.4, -0.2) is 23.3 Å². The van der Waals surface area contributed by atoms with Crippen LogP contribution in [0.4, 0.5) is 5.69 Å². The second kappa shape index (κ2) is 8.05. The van der Waals surface area contributed by atoms with E-state index < -0.39 is 0 Å². The summed E-state index contributed by atoms with van der Waals surface area (Å²) in [4.78, 5) is 31.6. The zero-order valence-electron chi connectivity index (χ0n) is 15.4. The van der Waals surface area contributed by atoms with Gasteiger partial charge in [0.25, 0.3) is 0 Å². The summed E-state index contributed by atoms with van der Waals surface area (Å²) in [5.74, 6) is -0.547. The molecule has 5 nitrogen and oxygen atoms in total. The van der Waals surface area contributed by atoms with Crippen molar-refractivity contribution < 1.29 is 9.59 Å². The lowest BCUT2D eigenvalue weighted by molar-refractivity contribution is -0.126. The third kappa shape index (κ3) is 3.78. The van der Waals surface area contributed by atoms with E-state index in [1.165, 1.54) is 0 Å². The average Bonchev–Trinajstić information content (AvgIpc) is 3.15. The number of hydrogen-bond donors (Lipinski definition) is 1. The fourth-order valence-electron chi connectivity index (χ4n) is 3.52. The molecule has 1 fully saturated rings. The first-order valence-corrected chi connectivity index (χ1v) is 9.34. The highest BCUT2D eigenvalue weighted by atomic mass is 16.2. The second-order valence-electron chi connectivity index (χ2n) is 6.85. The lowest BCUT2D eigenvalue weighted by Crippen LogP contribution is -2.36. The summed E-state index contributed by atoms with van der Waals surface area (Å²) in [6, 6.07) is 24.5. The number of amides is 2.